The molecule has 2 rings (SSSR count). The predicted molar refractivity (Wildman–Crippen MR) is 58.9 cm³/mol. The van der Waals surface area contributed by atoms with Crippen molar-refractivity contribution in [2.45, 2.75) is 37.6 Å². The summed E-state index contributed by atoms with van der Waals surface area (Å²) >= 11 is 6.01. The Balaban J connectivity index is 2.10. The van der Waals surface area contributed by atoms with Crippen molar-refractivity contribution in [3.63, 3.8) is 0 Å². The lowest BCUT2D eigenvalue weighted by Crippen LogP contribution is -2.25. The van der Waals surface area contributed by atoms with Crippen LogP contribution in [0.4, 0.5) is 6.01 Å². The highest BCUT2D eigenvalue weighted by atomic mass is 35.5. The Labute approximate surface area is 97.8 Å². The van der Waals surface area contributed by atoms with Crippen molar-refractivity contribution in [3.8, 4) is 0 Å². The lowest BCUT2D eigenvalue weighted by atomic mass is 10.0. The van der Waals surface area contributed by atoms with Crippen molar-refractivity contribution in [3.05, 3.63) is 11.5 Å². The molecule has 1 aromatic heterocycles. The molecular weight excluding hydrogens is 232 g/mol. The third-order valence-corrected chi connectivity index (χ3v) is 2.96. The summed E-state index contributed by atoms with van der Waals surface area (Å²) in [6.07, 6.45) is 2.32. The van der Waals surface area contributed by atoms with Gasteiger partial charge in [-0.25, -0.2) is 0 Å². The summed E-state index contributed by atoms with van der Waals surface area (Å²) in [5.41, 5.74) is 0.839. The zero-order chi connectivity index (χ0) is 11.7. The van der Waals surface area contributed by atoms with Gasteiger partial charge in [-0.15, -0.1) is 11.6 Å². The molecule has 2 atom stereocenters. The van der Waals surface area contributed by atoms with E-state index in [-0.39, 0.29) is 11.4 Å². The topological polar surface area (TPSA) is 75.4 Å². The van der Waals surface area contributed by atoms with E-state index in [9.17, 15) is 4.79 Å². The number of carboxylic acids is 1. The molecule has 88 valence electrons. The van der Waals surface area contributed by atoms with Gasteiger partial charge in [0.05, 0.1) is 5.69 Å². The molecule has 2 N–H and O–H groups in total. The number of anilines is 1. The quantitative estimate of drug-likeness (QED) is 0.791. The van der Waals surface area contributed by atoms with Crippen molar-refractivity contribution in [1.29, 1.82) is 0 Å². The Morgan fingerprint density at radius 2 is 2.50 bits per heavy atom. The van der Waals surface area contributed by atoms with Crippen LogP contribution < -0.4 is 5.32 Å². The number of carboxylic acid groups (broad SMARTS) is 1. The van der Waals surface area contributed by atoms with Crippen molar-refractivity contribution in [1.82, 2.24) is 4.98 Å². The minimum Gasteiger partial charge on any atom is -0.480 e. The highest BCUT2D eigenvalue weighted by molar-refractivity contribution is 6.20. The van der Waals surface area contributed by atoms with Gasteiger partial charge < -0.3 is 14.8 Å². The summed E-state index contributed by atoms with van der Waals surface area (Å²) in [5.74, 6) is -0.122. The first-order valence-corrected chi connectivity index (χ1v) is 5.62. The number of oxazole rings is 1. The van der Waals surface area contributed by atoms with E-state index in [0.717, 1.165) is 24.3 Å². The number of aryl methyl sites for hydroxylation is 1. The van der Waals surface area contributed by atoms with Gasteiger partial charge in [0.15, 0.2) is 0 Å². The molecule has 1 heterocycles. The number of alkyl halides is 1. The highest BCUT2D eigenvalue weighted by Crippen LogP contribution is 2.26. The Morgan fingerprint density at radius 3 is 3.19 bits per heavy atom. The third kappa shape index (κ3) is 2.29. The van der Waals surface area contributed by atoms with Gasteiger partial charge in [-0.05, 0) is 13.3 Å². The number of nitrogens with one attached hydrogen (secondary N) is 1. The minimum absolute atomic E-state index is 0.0994. The monoisotopic (exact) mass is 244 g/mol. The predicted octanol–water partition coefficient (Wildman–Crippen LogP) is 1.66. The summed E-state index contributed by atoms with van der Waals surface area (Å²) in [7, 11) is 0. The molecule has 0 bridgehead atoms. The summed E-state index contributed by atoms with van der Waals surface area (Å²) in [6, 6.07) is -0.447. The van der Waals surface area contributed by atoms with E-state index in [1.54, 1.807) is 0 Å². The van der Waals surface area contributed by atoms with Crippen LogP contribution in [0.1, 0.15) is 24.8 Å². The number of halogens is 1. The molecule has 0 saturated heterocycles. The molecule has 1 unspecified atom stereocenters. The summed E-state index contributed by atoms with van der Waals surface area (Å²) < 4.78 is 5.43. The number of rotatable bonds is 3. The number of carbonyl (C=O) groups is 1. The largest absolute Gasteiger partial charge is 0.480 e. The average molecular weight is 245 g/mol. The SMILES string of the molecule is C[C@@H](Nc1nc2c(o1)CCC(Cl)C2)C(=O)O. The van der Waals surface area contributed by atoms with Gasteiger partial charge in [-0.2, -0.15) is 4.98 Å². The number of fused-ring (bicyclic) bond motifs is 1. The number of aromatic nitrogens is 1. The second-order valence-electron chi connectivity index (χ2n) is 3.93. The Hall–Kier alpha value is -1.23. The van der Waals surface area contributed by atoms with Crippen molar-refractivity contribution in [2.24, 2.45) is 0 Å². The standard InChI is InChI=1S/C10H13ClN2O3/c1-5(9(14)15)12-10-13-7-4-6(11)2-3-8(7)16-10/h5-6H,2-4H2,1H3,(H,12,13)(H,14,15)/t5-,6?/m1/s1. The van der Waals surface area contributed by atoms with Crippen LogP contribution in [-0.4, -0.2) is 27.5 Å². The third-order valence-electron chi connectivity index (χ3n) is 2.59. The van der Waals surface area contributed by atoms with Crippen molar-refractivity contribution >= 4 is 23.6 Å². The molecular formula is C10H13ClN2O3. The van der Waals surface area contributed by atoms with Gasteiger partial charge in [0.1, 0.15) is 11.8 Å². The van der Waals surface area contributed by atoms with Gasteiger partial charge in [0, 0.05) is 18.2 Å². The maximum absolute atomic E-state index is 10.6. The molecule has 0 aliphatic heterocycles. The molecule has 0 fully saturated rings. The van der Waals surface area contributed by atoms with Gasteiger partial charge in [-0.1, -0.05) is 0 Å². The zero-order valence-corrected chi connectivity index (χ0v) is 9.62. The maximum Gasteiger partial charge on any atom is 0.325 e. The second kappa shape index (κ2) is 4.33. The van der Waals surface area contributed by atoms with E-state index in [1.165, 1.54) is 6.92 Å². The molecule has 0 spiro atoms. The van der Waals surface area contributed by atoms with Crippen LogP contribution in [0.25, 0.3) is 0 Å². The van der Waals surface area contributed by atoms with Crippen LogP contribution in [-0.2, 0) is 17.6 Å². The molecule has 0 amide bonds. The number of hydrogen-bond acceptors (Lipinski definition) is 4. The summed E-state index contributed by atoms with van der Waals surface area (Å²) in [5, 5.41) is 11.5. The van der Waals surface area contributed by atoms with Gasteiger partial charge in [0.2, 0.25) is 0 Å². The molecule has 1 aliphatic rings. The fourth-order valence-electron chi connectivity index (χ4n) is 1.65. The Bertz CT molecular complexity index is 405. The van der Waals surface area contributed by atoms with Crippen LogP contribution in [0.15, 0.2) is 4.42 Å². The van der Waals surface area contributed by atoms with Gasteiger partial charge >= 0.3 is 5.97 Å². The number of nitrogens with zero attached hydrogens (tertiary/aromatic N) is 1. The molecule has 0 radical (unpaired) electrons. The fraction of sp³-hybridized carbons (Fsp3) is 0.600. The van der Waals surface area contributed by atoms with E-state index in [1.807, 2.05) is 0 Å². The van der Waals surface area contributed by atoms with E-state index in [0.29, 0.717) is 6.42 Å². The van der Waals surface area contributed by atoms with Crippen LogP contribution in [0.5, 0.6) is 0 Å². The van der Waals surface area contributed by atoms with Crippen LogP contribution in [0.2, 0.25) is 0 Å². The first kappa shape index (κ1) is 11.3. The van der Waals surface area contributed by atoms with E-state index in [4.69, 9.17) is 21.1 Å². The lowest BCUT2D eigenvalue weighted by Gasteiger charge is -2.12. The minimum atomic E-state index is -0.939. The van der Waals surface area contributed by atoms with E-state index in [2.05, 4.69) is 10.3 Å². The van der Waals surface area contributed by atoms with Gasteiger partial charge in [0.25, 0.3) is 6.01 Å². The molecule has 1 aromatic rings. The Kier molecular flexibility index (Phi) is 3.05. The van der Waals surface area contributed by atoms with E-state index < -0.39 is 12.0 Å². The van der Waals surface area contributed by atoms with E-state index >= 15 is 0 Å². The molecule has 6 heteroatoms. The molecule has 5 nitrogen and oxygen atoms in total. The number of hydrogen-bond donors (Lipinski definition) is 2. The second-order valence-corrected chi connectivity index (χ2v) is 4.55. The first-order chi connectivity index (χ1) is 7.56. The van der Waals surface area contributed by atoms with Crippen LogP contribution >= 0.6 is 11.6 Å². The Morgan fingerprint density at radius 1 is 1.75 bits per heavy atom. The normalized spacial score (nSPS) is 21.2. The maximum atomic E-state index is 10.6. The first-order valence-electron chi connectivity index (χ1n) is 5.18. The molecule has 0 saturated carbocycles. The van der Waals surface area contributed by atoms with Crippen LogP contribution in [0, 0.1) is 0 Å². The van der Waals surface area contributed by atoms with Gasteiger partial charge in [-0.3, -0.25) is 4.79 Å². The highest BCUT2D eigenvalue weighted by Gasteiger charge is 2.23. The van der Waals surface area contributed by atoms with Crippen LogP contribution in [0.3, 0.4) is 0 Å². The molecule has 0 aromatic carbocycles. The van der Waals surface area contributed by atoms with Crippen molar-refractivity contribution < 1.29 is 14.3 Å². The number of aliphatic carboxylic acids is 1. The lowest BCUT2D eigenvalue weighted by molar-refractivity contribution is -0.137. The summed E-state index contributed by atoms with van der Waals surface area (Å²) in [4.78, 5) is 14.8. The zero-order valence-electron chi connectivity index (χ0n) is 8.86. The van der Waals surface area contributed by atoms with Crippen molar-refractivity contribution in [2.75, 3.05) is 5.32 Å². The molecule has 16 heavy (non-hydrogen) atoms. The average Bonchev–Trinajstić information content (AvgIpc) is 2.58. The fourth-order valence-corrected chi connectivity index (χ4v) is 1.90. The molecule has 1 aliphatic carbocycles. The smallest absolute Gasteiger partial charge is 0.325 e. The summed E-state index contributed by atoms with van der Waals surface area (Å²) in [6.45, 7) is 1.54.